The maximum absolute atomic E-state index is 12.1. The first-order valence-electron chi connectivity index (χ1n) is 8.95. The van der Waals surface area contributed by atoms with Crippen LogP contribution in [0.15, 0.2) is 36.4 Å². The van der Waals surface area contributed by atoms with E-state index in [0.717, 1.165) is 25.3 Å². The van der Waals surface area contributed by atoms with Gasteiger partial charge in [0.15, 0.2) is 0 Å². The molecule has 26 heavy (non-hydrogen) atoms. The van der Waals surface area contributed by atoms with E-state index in [0.29, 0.717) is 18.9 Å². The zero-order valence-corrected chi connectivity index (χ0v) is 16.8. The van der Waals surface area contributed by atoms with Gasteiger partial charge in [0.1, 0.15) is 5.75 Å². The zero-order chi connectivity index (χ0) is 17.5. The first kappa shape index (κ1) is 20.7. The molecule has 2 N–H and O–H groups in total. The van der Waals surface area contributed by atoms with Crippen molar-refractivity contribution >= 4 is 29.7 Å². The summed E-state index contributed by atoms with van der Waals surface area (Å²) in [6.07, 6.45) is 4.04. The lowest BCUT2D eigenvalue weighted by Crippen LogP contribution is -2.29. The second-order valence-electron chi connectivity index (χ2n) is 6.50. The third-order valence-corrected chi connectivity index (χ3v) is 5.87. The fraction of sp³-hybridized carbons (Fsp3) is 0.450. The lowest BCUT2D eigenvalue weighted by molar-refractivity contribution is -0.121. The van der Waals surface area contributed by atoms with E-state index in [1.807, 2.05) is 12.1 Å². The van der Waals surface area contributed by atoms with E-state index in [4.69, 9.17) is 4.74 Å². The van der Waals surface area contributed by atoms with E-state index in [1.165, 1.54) is 28.2 Å². The minimum Gasteiger partial charge on any atom is -0.497 e. The molecule has 1 aliphatic heterocycles. The zero-order valence-electron chi connectivity index (χ0n) is 15.1. The van der Waals surface area contributed by atoms with Crippen molar-refractivity contribution in [1.82, 2.24) is 10.6 Å². The maximum atomic E-state index is 12.1. The van der Waals surface area contributed by atoms with Gasteiger partial charge in [-0.15, -0.1) is 23.7 Å². The van der Waals surface area contributed by atoms with E-state index in [2.05, 4.69) is 34.9 Å². The summed E-state index contributed by atoms with van der Waals surface area (Å²) in [6.45, 7) is 2.80. The van der Waals surface area contributed by atoms with Gasteiger partial charge in [-0.2, -0.15) is 0 Å². The number of carbonyl (C=O) groups is 1. The molecule has 0 unspecified atom stereocenters. The van der Waals surface area contributed by atoms with Crippen molar-refractivity contribution in [2.75, 3.05) is 20.2 Å². The molecule has 2 heterocycles. The number of carbonyl (C=O) groups excluding carboxylic acids is 1. The number of halogens is 1. The molecule has 1 aliphatic rings. The van der Waals surface area contributed by atoms with Crippen molar-refractivity contribution in [2.24, 2.45) is 5.92 Å². The molecular formula is C20H27ClN2O2S. The van der Waals surface area contributed by atoms with E-state index in [-0.39, 0.29) is 18.3 Å². The number of nitrogens with one attached hydrogen (secondary N) is 2. The van der Waals surface area contributed by atoms with Crippen molar-refractivity contribution < 1.29 is 9.53 Å². The normalized spacial score (nSPS) is 14.5. The molecule has 0 atom stereocenters. The molecule has 1 amide bonds. The molecule has 0 spiro atoms. The number of thiophene rings is 1. The number of hydrogen-bond donors (Lipinski definition) is 2. The van der Waals surface area contributed by atoms with Gasteiger partial charge in [0, 0.05) is 16.2 Å². The molecule has 2 aromatic rings. The van der Waals surface area contributed by atoms with Crippen LogP contribution >= 0.6 is 23.7 Å². The minimum atomic E-state index is 0. The predicted molar refractivity (Wildman–Crippen MR) is 110 cm³/mol. The Labute approximate surface area is 165 Å². The van der Waals surface area contributed by atoms with Gasteiger partial charge >= 0.3 is 0 Å². The molecule has 0 aliphatic carbocycles. The van der Waals surface area contributed by atoms with Gasteiger partial charge < -0.3 is 15.4 Å². The molecular weight excluding hydrogens is 368 g/mol. The number of rotatable bonds is 7. The lowest BCUT2D eigenvalue weighted by Gasteiger charge is -2.22. The van der Waals surface area contributed by atoms with E-state index in [9.17, 15) is 4.79 Å². The van der Waals surface area contributed by atoms with Gasteiger partial charge in [-0.3, -0.25) is 4.79 Å². The van der Waals surface area contributed by atoms with Crippen LogP contribution in [0.3, 0.4) is 0 Å². The Bertz CT molecular complexity index is 681. The smallest absolute Gasteiger partial charge is 0.220 e. The van der Waals surface area contributed by atoms with Crippen LogP contribution in [0.2, 0.25) is 0 Å². The summed E-state index contributed by atoms with van der Waals surface area (Å²) in [5.74, 6) is 1.73. The number of methoxy groups -OCH3 is 1. The van der Waals surface area contributed by atoms with Gasteiger partial charge in [-0.25, -0.2) is 0 Å². The fourth-order valence-electron chi connectivity index (χ4n) is 3.16. The topological polar surface area (TPSA) is 50.4 Å². The third kappa shape index (κ3) is 6.01. The van der Waals surface area contributed by atoms with Crippen molar-refractivity contribution in [3.63, 3.8) is 0 Å². The Morgan fingerprint density at radius 2 is 1.92 bits per heavy atom. The first-order valence-corrected chi connectivity index (χ1v) is 9.77. The van der Waals surface area contributed by atoms with Crippen LogP contribution in [0.4, 0.5) is 0 Å². The highest BCUT2D eigenvalue weighted by atomic mass is 35.5. The van der Waals surface area contributed by atoms with Crippen LogP contribution in [-0.4, -0.2) is 26.1 Å². The summed E-state index contributed by atoms with van der Waals surface area (Å²) >= 11 is 1.72. The second kappa shape index (κ2) is 10.6. The number of hydrogen-bond acceptors (Lipinski definition) is 4. The summed E-state index contributed by atoms with van der Waals surface area (Å²) in [7, 11) is 1.67. The molecule has 0 saturated carbocycles. The van der Waals surface area contributed by atoms with E-state index < -0.39 is 0 Å². The van der Waals surface area contributed by atoms with E-state index in [1.54, 1.807) is 18.4 Å². The third-order valence-electron chi connectivity index (χ3n) is 4.73. The molecule has 1 saturated heterocycles. The van der Waals surface area contributed by atoms with Crippen molar-refractivity contribution in [2.45, 2.75) is 32.2 Å². The molecule has 1 aromatic carbocycles. The monoisotopic (exact) mass is 394 g/mol. The van der Waals surface area contributed by atoms with Crippen LogP contribution in [0.25, 0.3) is 10.4 Å². The molecule has 1 aromatic heterocycles. The molecule has 0 bridgehead atoms. The maximum Gasteiger partial charge on any atom is 0.220 e. The SMILES string of the molecule is COc1ccc(-c2ccc(CNC(=O)CCC3CCNCC3)s2)cc1.Cl. The van der Waals surface area contributed by atoms with Crippen LogP contribution in [0.1, 0.15) is 30.6 Å². The van der Waals surface area contributed by atoms with Crippen molar-refractivity contribution in [3.05, 3.63) is 41.3 Å². The Morgan fingerprint density at radius 1 is 1.19 bits per heavy atom. The lowest BCUT2D eigenvalue weighted by atomic mass is 9.93. The Hall–Kier alpha value is -1.56. The second-order valence-corrected chi connectivity index (χ2v) is 7.67. The van der Waals surface area contributed by atoms with Crippen LogP contribution < -0.4 is 15.4 Å². The number of piperidine rings is 1. The van der Waals surface area contributed by atoms with Gasteiger partial charge in [-0.1, -0.05) is 0 Å². The number of amides is 1. The summed E-state index contributed by atoms with van der Waals surface area (Å²) in [4.78, 5) is 14.5. The Kier molecular flexibility index (Phi) is 8.42. The molecule has 142 valence electrons. The van der Waals surface area contributed by atoms with Crippen LogP contribution in [0.5, 0.6) is 5.75 Å². The van der Waals surface area contributed by atoms with Crippen molar-refractivity contribution in [1.29, 1.82) is 0 Å². The highest BCUT2D eigenvalue weighted by Crippen LogP contribution is 2.29. The summed E-state index contributed by atoms with van der Waals surface area (Å²) in [6, 6.07) is 12.3. The Balaban J connectivity index is 0.00000243. The van der Waals surface area contributed by atoms with Crippen LogP contribution in [-0.2, 0) is 11.3 Å². The average Bonchev–Trinajstić information content (AvgIpc) is 3.14. The average molecular weight is 395 g/mol. The molecule has 4 nitrogen and oxygen atoms in total. The quantitative estimate of drug-likeness (QED) is 0.738. The van der Waals surface area contributed by atoms with Gasteiger partial charge in [0.2, 0.25) is 5.91 Å². The first-order chi connectivity index (χ1) is 12.2. The largest absolute Gasteiger partial charge is 0.497 e. The van der Waals surface area contributed by atoms with Gasteiger partial charge in [0.05, 0.1) is 13.7 Å². The number of ether oxygens (including phenoxy) is 1. The van der Waals surface area contributed by atoms with E-state index >= 15 is 0 Å². The predicted octanol–water partition coefficient (Wildman–Crippen LogP) is 4.24. The highest BCUT2D eigenvalue weighted by molar-refractivity contribution is 7.15. The van der Waals surface area contributed by atoms with Crippen molar-refractivity contribution in [3.8, 4) is 16.2 Å². The standard InChI is InChI=1S/C20H26N2O2S.ClH/c1-24-17-5-3-16(4-6-17)19-8-7-18(25-19)14-22-20(23)9-2-15-10-12-21-13-11-15;/h3-8,15,21H,2,9-14H2,1H3,(H,22,23);1H. The van der Waals surface area contributed by atoms with Crippen LogP contribution in [0, 0.1) is 5.92 Å². The molecule has 0 radical (unpaired) electrons. The Morgan fingerprint density at radius 3 is 2.62 bits per heavy atom. The number of benzene rings is 1. The minimum absolute atomic E-state index is 0. The highest BCUT2D eigenvalue weighted by Gasteiger charge is 2.14. The molecule has 3 rings (SSSR count). The summed E-state index contributed by atoms with van der Waals surface area (Å²) in [5.41, 5.74) is 1.18. The fourth-order valence-corrected chi connectivity index (χ4v) is 4.12. The van der Waals surface area contributed by atoms with Gasteiger partial charge in [-0.05, 0) is 80.2 Å². The molecule has 6 heteroatoms. The summed E-state index contributed by atoms with van der Waals surface area (Å²) in [5, 5.41) is 6.42. The van der Waals surface area contributed by atoms with Gasteiger partial charge in [0.25, 0.3) is 0 Å². The molecule has 1 fully saturated rings. The summed E-state index contributed by atoms with van der Waals surface area (Å²) < 4.78 is 5.19.